The van der Waals surface area contributed by atoms with E-state index in [4.69, 9.17) is 0 Å². The molecule has 0 aromatic rings. The van der Waals surface area contributed by atoms with Gasteiger partial charge in [0.25, 0.3) is 0 Å². The van der Waals surface area contributed by atoms with Crippen LogP contribution in [0.4, 0.5) is 0 Å². The minimum absolute atomic E-state index is 0.298. The summed E-state index contributed by atoms with van der Waals surface area (Å²) in [6, 6.07) is 0.298. The summed E-state index contributed by atoms with van der Waals surface area (Å²) in [6.07, 6.45) is 6.87. The highest BCUT2D eigenvalue weighted by Crippen LogP contribution is 2.38. The number of nitrogens with one attached hydrogen (secondary N) is 1. The Hall–Kier alpha value is -0.130. The highest BCUT2D eigenvalue weighted by Gasteiger charge is 2.43. The maximum absolute atomic E-state index is 12.7. The first kappa shape index (κ1) is 15.3. The van der Waals surface area contributed by atoms with E-state index in [-0.39, 0.29) is 5.25 Å². The van der Waals surface area contributed by atoms with Crippen LogP contribution in [0.3, 0.4) is 0 Å². The fraction of sp³-hybridized carbons (Fsp3) is 1.00. The van der Waals surface area contributed by atoms with Crippen LogP contribution in [0.2, 0.25) is 0 Å². The molecule has 1 saturated carbocycles. The summed E-state index contributed by atoms with van der Waals surface area (Å²) >= 11 is 0. The third-order valence-electron chi connectivity index (χ3n) is 4.65. The fourth-order valence-corrected chi connectivity index (χ4v) is 5.30. The van der Waals surface area contributed by atoms with Gasteiger partial charge in [-0.1, -0.05) is 19.8 Å². The highest BCUT2D eigenvalue weighted by molar-refractivity contribution is 7.89. The van der Waals surface area contributed by atoms with Crippen molar-refractivity contribution in [1.82, 2.24) is 9.62 Å². The number of sulfonamides is 1. The lowest BCUT2D eigenvalue weighted by molar-refractivity contribution is 0.258. The average molecular weight is 288 g/mol. The van der Waals surface area contributed by atoms with Gasteiger partial charge in [-0.2, -0.15) is 4.31 Å². The van der Waals surface area contributed by atoms with E-state index < -0.39 is 10.0 Å². The van der Waals surface area contributed by atoms with Gasteiger partial charge in [0, 0.05) is 19.1 Å². The molecule has 1 saturated heterocycles. The van der Waals surface area contributed by atoms with Crippen LogP contribution in [0.25, 0.3) is 0 Å². The summed E-state index contributed by atoms with van der Waals surface area (Å²) in [4.78, 5) is 0. The molecule has 1 aliphatic heterocycles. The molecule has 0 bridgehead atoms. The molecule has 112 valence electrons. The number of fused-ring (bicyclic) bond motifs is 1. The van der Waals surface area contributed by atoms with E-state index in [1.165, 1.54) is 19.3 Å². The van der Waals surface area contributed by atoms with Crippen molar-refractivity contribution in [2.75, 3.05) is 19.6 Å². The molecule has 1 N–H and O–H groups in total. The van der Waals surface area contributed by atoms with Gasteiger partial charge in [-0.05, 0) is 45.1 Å². The van der Waals surface area contributed by atoms with Crippen LogP contribution in [-0.4, -0.2) is 43.6 Å². The second-order valence-corrected chi connectivity index (χ2v) is 8.37. The van der Waals surface area contributed by atoms with E-state index >= 15 is 0 Å². The van der Waals surface area contributed by atoms with E-state index in [2.05, 4.69) is 12.2 Å². The summed E-state index contributed by atoms with van der Waals surface area (Å²) in [5.41, 5.74) is 0. The van der Waals surface area contributed by atoms with E-state index in [1.54, 1.807) is 0 Å². The zero-order valence-corrected chi connectivity index (χ0v) is 13.1. The lowest BCUT2D eigenvalue weighted by Gasteiger charge is -2.32. The summed E-state index contributed by atoms with van der Waals surface area (Å²) in [5, 5.41) is 2.92. The third-order valence-corrected chi connectivity index (χ3v) is 6.94. The molecule has 0 amide bonds. The first-order valence-electron chi connectivity index (χ1n) is 7.78. The van der Waals surface area contributed by atoms with Crippen LogP contribution in [0.15, 0.2) is 0 Å². The zero-order chi connectivity index (χ0) is 13.9. The van der Waals surface area contributed by atoms with Crippen molar-refractivity contribution in [3.63, 3.8) is 0 Å². The van der Waals surface area contributed by atoms with Crippen molar-refractivity contribution < 1.29 is 8.42 Å². The first-order valence-corrected chi connectivity index (χ1v) is 9.29. The van der Waals surface area contributed by atoms with Gasteiger partial charge < -0.3 is 5.32 Å². The summed E-state index contributed by atoms with van der Waals surface area (Å²) < 4.78 is 27.2. The summed E-state index contributed by atoms with van der Waals surface area (Å²) in [7, 11) is -3.12. The molecule has 4 nitrogen and oxygen atoms in total. The standard InChI is InChI=1S/C14H28N2O2S/c1-3-9-15-11-12(2)19(17,18)16-10-8-13-6-4-5-7-14(13)16/h12-15H,3-11H2,1-2H3. The predicted molar refractivity (Wildman–Crippen MR) is 78.6 cm³/mol. The molecule has 3 atom stereocenters. The Bertz CT molecular complexity index is 383. The van der Waals surface area contributed by atoms with Crippen molar-refractivity contribution in [2.24, 2.45) is 5.92 Å². The SMILES string of the molecule is CCCNCC(C)S(=O)(=O)N1CCC2CCCCC21. The second kappa shape index (κ2) is 6.55. The maximum atomic E-state index is 12.7. The van der Waals surface area contributed by atoms with Gasteiger partial charge in [0.05, 0.1) is 5.25 Å². The summed E-state index contributed by atoms with van der Waals surface area (Å²) in [6.45, 7) is 6.15. The van der Waals surface area contributed by atoms with Crippen molar-refractivity contribution in [3.8, 4) is 0 Å². The smallest absolute Gasteiger partial charge is 0.218 e. The molecule has 0 radical (unpaired) electrons. The molecular formula is C14H28N2O2S. The molecule has 0 aromatic carbocycles. The number of hydrogen-bond donors (Lipinski definition) is 1. The predicted octanol–water partition coefficient (Wildman–Crippen LogP) is 1.97. The average Bonchev–Trinajstić information content (AvgIpc) is 2.83. The Morgan fingerprint density at radius 2 is 2.00 bits per heavy atom. The topological polar surface area (TPSA) is 49.4 Å². The van der Waals surface area contributed by atoms with Crippen molar-refractivity contribution in [3.05, 3.63) is 0 Å². The van der Waals surface area contributed by atoms with E-state index in [1.807, 2.05) is 11.2 Å². The first-order chi connectivity index (χ1) is 9.07. The Kier molecular flexibility index (Phi) is 5.26. The Balaban J connectivity index is 1.98. The van der Waals surface area contributed by atoms with E-state index in [0.717, 1.165) is 32.4 Å². The van der Waals surface area contributed by atoms with Crippen LogP contribution >= 0.6 is 0 Å². The normalized spacial score (nSPS) is 30.2. The third kappa shape index (κ3) is 3.31. The molecule has 1 heterocycles. The van der Waals surface area contributed by atoms with Crippen LogP contribution in [0.5, 0.6) is 0 Å². The van der Waals surface area contributed by atoms with E-state index in [9.17, 15) is 8.42 Å². The lowest BCUT2D eigenvalue weighted by Crippen LogP contribution is -2.46. The van der Waals surface area contributed by atoms with Gasteiger partial charge in [0.2, 0.25) is 10.0 Å². The molecule has 19 heavy (non-hydrogen) atoms. The van der Waals surface area contributed by atoms with Gasteiger partial charge in [-0.15, -0.1) is 0 Å². The second-order valence-electron chi connectivity index (χ2n) is 6.07. The molecule has 5 heteroatoms. The van der Waals surface area contributed by atoms with E-state index in [0.29, 0.717) is 18.5 Å². The Labute approximate surface area is 118 Å². The zero-order valence-electron chi connectivity index (χ0n) is 12.3. The highest BCUT2D eigenvalue weighted by atomic mass is 32.2. The Morgan fingerprint density at radius 1 is 1.26 bits per heavy atom. The maximum Gasteiger partial charge on any atom is 0.218 e. The molecule has 2 aliphatic rings. The van der Waals surface area contributed by atoms with Crippen molar-refractivity contribution in [2.45, 2.75) is 63.7 Å². The number of hydrogen-bond acceptors (Lipinski definition) is 3. The summed E-state index contributed by atoms with van der Waals surface area (Å²) in [5.74, 6) is 0.624. The lowest BCUT2D eigenvalue weighted by atomic mass is 9.86. The molecule has 0 spiro atoms. The van der Waals surface area contributed by atoms with Gasteiger partial charge in [-0.3, -0.25) is 0 Å². The molecular weight excluding hydrogens is 260 g/mol. The minimum Gasteiger partial charge on any atom is -0.315 e. The van der Waals surface area contributed by atoms with Crippen LogP contribution < -0.4 is 5.32 Å². The number of rotatable bonds is 6. The van der Waals surface area contributed by atoms with Gasteiger partial charge in [0.1, 0.15) is 0 Å². The van der Waals surface area contributed by atoms with Crippen LogP contribution in [0, 0.1) is 5.92 Å². The quantitative estimate of drug-likeness (QED) is 0.760. The minimum atomic E-state index is -3.12. The number of nitrogens with zero attached hydrogens (tertiary/aromatic N) is 1. The largest absolute Gasteiger partial charge is 0.315 e. The molecule has 3 unspecified atom stereocenters. The van der Waals surface area contributed by atoms with Crippen molar-refractivity contribution >= 4 is 10.0 Å². The molecule has 2 fully saturated rings. The Morgan fingerprint density at radius 3 is 2.74 bits per heavy atom. The monoisotopic (exact) mass is 288 g/mol. The van der Waals surface area contributed by atoms with Crippen LogP contribution in [0.1, 0.15) is 52.4 Å². The van der Waals surface area contributed by atoms with Crippen molar-refractivity contribution in [1.29, 1.82) is 0 Å². The van der Waals surface area contributed by atoms with Gasteiger partial charge in [0.15, 0.2) is 0 Å². The molecule has 2 rings (SSSR count). The van der Waals surface area contributed by atoms with Gasteiger partial charge in [-0.25, -0.2) is 8.42 Å². The van der Waals surface area contributed by atoms with Gasteiger partial charge >= 0.3 is 0 Å². The molecule has 0 aromatic heterocycles. The fourth-order valence-electron chi connectivity index (χ4n) is 3.50. The van der Waals surface area contributed by atoms with Crippen LogP contribution in [-0.2, 0) is 10.0 Å². The molecule has 1 aliphatic carbocycles.